The highest BCUT2D eigenvalue weighted by atomic mass is 16.5. The molecule has 1 aromatic rings. The molecule has 0 fully saturated rings. The number of amides is 1. The van der Waals surface area contributed by atoms with E-state index < -0.39 is 0 Å². The SMILES string of the molecule is CC(C)C(CCN)NC(=O)C1COc2ccccc21. The Bertz CT molecular complexity index is 446. The zero-order valence-electron chi connectivity index (χ0n) is 11.6. The lowest BCUT2D eigenvalue weighted by Crippen LogP contribution is -2.42. The molecule has 0 saturated heterocycles. The summed E-state index contributed by atoms with van der Waals surface area (Å²) in [5.41, 5.74) is 6.58. The van der Waals surface area contributed by atoms with Crippen LogP contribution >= 0.6 is 0 Å². The average Bonchev–Trinajstić information content (AvgIpc) is 2.81. The van der Waals surface area contributed by atoms with E-state index in [4.69, 9.17) is 10.5 Å². The molecule has 2 rings (SSSR count). The minimum absolute atomic E-state index is 0.0390. The van der Waals surface area contributed by atoms with Gasteiger partial charge in [-0.2, -0.15) is 0 Å². The van der Waals surface area contributed by atoms with Gasteiger partial charge in [-0.05, 0) is 24.9 Å². The first kappa shape index (κ1) is 13.9. The Morgan fingerprint density at radius 1 is 1.47 bits per heavy atom. The number of hydrogen-bond acceptors (Lipinski definition) is 3. The fourth-order valence-electron chi connectivity index (χ4n) is 2.41. The van der Waals surface area contributed by atoms with Crippen LogP contribution in [0.5, 0.6) is 5.75 Å². The van der Waals surface area contributed by atoms with Crippen LogP contribution in [0.3, 0.4) is 0 Å². The number of hydrogen-bond donors (Lipinski definition) is 2. The number of carbonyl (C=O) groups excluding carboxylic acids is 1. The predicted octanol–water partition coefficient (Wildman–Crippen LogP) is 1.65. The number of nitrogens with two attached hydrogens (primary N) is 1. The van der Waals surface area contributed by atoms with Gasteiger partial charge in [-0.1, -0.05) is 32.0 Å². The summed E-state index contributed by atoms with van der Waals surface area (Å²) in [5, 5.41) is 3.10. The topological polar surface area (TPSA) is 64.3 Å². The van der Waals surface area contributed by atoms with Crippen LogP contribution in [0.25, 0.3) is 0 Å². The summed E-state index contributed by atoms with van der Waals surface area (Å²) in [4.78, 5) is 12.4. The smallest absolute Gasteiger partial charge is 0.231 e. The molecule has 0 aliphatic carbocycles. The summed E-state index contributed by atoms with van der Waals surface area (Å²) < 4.78 is 5.55. The van der Waals surface area contributed by atoms with E-state index in [0.29, 0.717) is 19.1 Å². The molecule has 0 spiro atoms. The van der Waals surface area contributed by atoms with Crippen molar-refractivity contribution in [3.8, 4) is 5.75 Å². The van der Waals surface area contributed by atoms with Crippen LogP contribution in [-0.4, -0.2) is 25.1 Å². The van der Waals surface area contributed by atoms with E-state index in [-0.39, 0.29) is 17.9 Å². The third-order valence-corrected chi connectivity index (χ3v) is 3.63. The van der Waals surface area contributed by atoms with Crippen molar-refractivity contribution in [3.05, 3.63) is 29.8 Å². The summed E-state index contributed by atoms with van der Waals surface area (Å²) in [6.45, 7) is 5.21. The first-order chi connectivity index (χ1) is 9.13. The molecule has 1 amide bonds. The molecule has 2 unspecified atom stereocenters. The van der Waals surface area contributed by atoms with Crippen molar-refractivity contribution in [1.82, 2.24) is 5.32 Å². The molecular formula is C15H22N2O2. The number of para-hydroxylation sites is 1. The van der Waals surface area contributed by atoms with Crippen molar-refractivity contribution in [2.45, 2.75) is 32.2 Å². The Morgan fingerprint density at radius 2 is 2.21 bits per heavy atom. The second-order valence-electron chi connectivity index (χ2n) is 5.34. The maximum Gasteiger partial charge on any atom is 0.231 e. The molecule has 1 aliphatic heterocycles. The van der Waals surface area contributed by atoms with Gasteiger partial charge in [-0.15, -0.1) is 0 Å². The van der Waals surface area contributed by atoms with Crippen molar-refractivity contribution >= 4 is 5.91 Å². The van der Waals surface area contributed by atoms with Crippen molar-refractivity contribution in [3.63, 3.8) is 0 Å². The van der Waals surface area contributed by atoms with Crippen LogP contribution in [0.2, 0.25) is 0 Å². The minimum Gasteiger partial charge on any atom is -0.492 e. The van der Waals surface area contributed by atoms with Crippen LogP contribution in [0.15, 0.2) is 24.3 Å². The van der Waals surface area contributed by atoms with E-state index in [0.717, 1.165) is 17.7 Å². The first-order valence-electron chi connectivity index (χ1n) is 6.85. The van der Waals surface area contributed by atoms with Crippen LogP contribution in [0.4, 0.5) is 0 Å². The van der Waals surface area contributed by atoms with Gasteiger partial charge in [0.05, 0.1) is 0 Å². The molecule has 19 heavy (non-hydrogen) atoms. The highest BCUT2D eigenvalue weighted by Gasteiger charge is 2.31. The molecule has 1 aromatic carbocycles. The van der Waals surface area contributed by atoms with Crippen molar-refractivity contribution in [2.24, 2.45) is 11.7 Å². The van der Waals surface area contributed by atoms with Gasteiger partial charge in [0.15, 0.2) is 0 Å². The van der Waals surface area contributed by atoms with Crippen LogP contribution in [0, 0.1) is 5.92 Å². The van der Waals surface area contributed by atoms with E-state index in [9.17, 15) is 4.79 Å². The highest BCUT2D eigenvalue weighted by Crippen LogP contribution is 2.33. The molecular weight excluding hydrogens is 240 g/mol. The lowest BCUT2D eigenvalue weighted by molar-refractivity contribution is -0.123. The molecule has 0 radical (unpaired) electrons. The normalized spacial score (nSPS) is 18.8. The summed E-state index contributed by atoms with van der Waals surface area (Å²) in [7, 11) is 0. The molecule has 2 atom stereocenters. The zero-order chi connectivity index (χ0) is 13.8. The number of fused-ring (bicyclic) bond motifs is 1. The van der Waals surface area contributed by atoms with E-state index in [1.165, 1.54) is 0 Å². The van der Waals surface area contributed by atoms with Crippen molar-refractivity contribution in [2.75, 3.05) is 13.2 Å². The predicted molar refractivity (Wildman–Crippen MR) is 75.1 cm³/mol. The highest BCUT2D eigenvalue weighted by molar-refractivity contribution is 5.85. The monoisotopic (exact) mass is 262 g/mol. The quantitative estimate of drug-likeness (QED) is 0.848. The van der Waals surface area contributed by atoms with Crippen molar-refractivity contribution in [1.29, 1.82) is 0 Å². The molecule has 0 saturated carbocycles. The summed E-state index contributed by atoms with van der Waals surface area (Å²) >= 11 is 0. The summed E-state index contributed by atoms with van der Waals surface area (Å²) in [6.07, 6.45) is 0.804. The maximum atomic E-state index is 12.4. The van der Waals surface area contributed by atoms with Gasteiger partial charge in [-0.25, -0.2) is 0 Å². The Labute approximate surface area is 114 Å². The lowest BCUT2D eigenvalue weighted by Gasteiger charge is -2.23. The second-order valence-corrected chi connectivity index (χ2v) is 5.34. The van der Waals surface area contributed by atoms with E-state index in [1.54, 1.807) is 0 Å². The minimum atomic E-state index is -0.199. The van der Waals surface area contributed by atoms with Crippen LogP contribution in [0.1, 0.15) is 31.7 Å². The third-order valence-electron chi connectivity index (χ3n) is 3.63. The standard InChI is InChI=1S/C15H22N2O2/c1-10(2)13(7-8-16)17-15(18)12-9-19-14-6-4-3-5-11(12)14/h3-6,10,12-13H,7-9,16H2,1-2H3,(H,17,18). The Kier molecular flexibility index (Phi) is 4.43. The number of nitrogens with one attached hydrogen (secondary N) is 1. The largest absolute Gasteiger partial charge is 0.492 e. The fraction of sp³-hybridized carbons (Fsp3) is 0.533. The van der Waals surface area contributed by atoms with E-state index >= 15 is 0 Å². The summed E-state index contributed by atoms with van der Waals surface area (Å²) in [5.74, 6) is 1.04. The second kappa shape index (κ2) is 6.06. The third kappa shape index (κ3) is 3.07. The van der Waals surface area contributed by atoms with Crippen molar-refractivity contribution < 1.29 is 9.53 Å². The molecule has 4 nitrogen and oxygen atoms in total. The maximum absolute atomic E-state index is 12.4. The molecule has 3 N–H and O–H groups in total. The Hall–Kier alpha value is -1.55. The molecule has 1 aliphatic rings. The first-order valence-corrected chi connectivity index (χ1v) is 6.85. The molecule has 104 valence electrons. The van der Waals surface area contributed by atoms with Crippen LogP contribution in [-0.2, 0) is 4.79 Å². The van der Waals surface area contributed by atoms with Gasteiger partial charge >= 0.3 is 0 Å². The zero-order valence-corrected chi connectivity index (χ0v) is 11.6. The Morgan fingerprint density at radius 3 is 2.89 bits per heavy atom. The number of benzene rings is 1. The average molecular weight is 262 g/mol. The number of carbonyl (C=O) groups is 1. The van der Waals surface area contributed by atoms with Gasteiger partial charge < -0.3 is 15.8 Å². The van der Waals surface area contributed by atoms with E-state index in [1.807, 2.05) is 24.3 Å². The van der Waals surface area contributed by atoms with Gasteiger partial charge in [0.25, 0.3) is 0 Å². The number of rotatable bonds is 5. The Balaban J connectivity index is 2.05. The molecule has 0 aromatic heterocycles. The van der Waals surface area contributed by atoms with Gasteiger partial charge in [0.1, 0.15) is 18.3 Å². The molecule has 0 bridgehead atoms. The molecule has 4 heteroatoms. The van der Waals surface area contributed by atoms with E-state index in [2.05, 4.69) is 19.2 Å². The number of ether oxygens (including phenoxy) is 1. The van der Waals surface area contributed by atoms with Crippen LogP contribution < -0.4 is 15.8 Å². The summed E-state index contributed by atoms with van der Waals surface area (Å²) in [6, 6.07) is 7.85. The molecule has 1 heterocycles. The van der Waals surface area contributed by atoms with Gasteiger partial charge in [0, 0.05) is 11.6 Å². The lowest BCUT2D eigenvalue weighted by atomic mass is 9.97. The van der Waals surface area contributed by atoms with Gasteiger partial charge in [-0.3, -0.25) is 4.79 Å². The van der Waals surface area contributed by atoms with Gasteiger partial charge in [0.2, 0.25) is 5.91 Å². The fourth-order valence-corrected chi connectivity index (χ4v) is 2.41.